The number of ether oxygens (including phenoxy) is 6. The summed E-state index contributed by atoms with van der Waals surface area (Å²) in [5.74, 6) is 0. The number of fused-ring (bicyclic) bond motifs is 2. The van der Waals surface area contributed by atoms with Crippen molar-refractivity contribution in [3.8, 4) is 0 Å². The van der Waals surface area contributed by atoms with Crippen molar-refractivity contribution >= 4 is 0 Å². The summed E-state index contributed by atoms with van der Waals surface area (Å²) >= 11 is 0. The lowest BCUT2D eigenvalue weighted by Crippen LogP contribution is -2.57. The molecular formula is C35H36O6. The third-order valence-electron chi connectivity index (χ3n) is 7.46. The normalized spacial score (nSPS) is 25.3. The van der Waals surface area contributed by atoms with Gasteiger partial charge in [0.1, 0.15) is 30.5 Å². The van der Waals surface area contributed by atoms with Gasteiger partial charge in [0.25, 0.3) is 0 Å². The zero-order chi connectivity index (χ0) is 27.7. The Hall–Kier alpha value is -3.36. The van der Waals surface area contributed by atoms with E-state index in [4.69, 9.17) is 28.4 Å². The molecule has 6 nitrogen and oxygen atoms in total. The van der Waals surface area contributed by atoms with Gasteiger partial charge in [0.05, 0.1) is 33.0 Å². The van der Waals surface area contributed by atoms with Gasteiger partial charge in [-0.1, -0.05) is 121 Å². The van der Waals surface area contributed by atoms with E-state index in [0.717, 1.165) is 22.3 Å². The van der Waals surface area contributed by atoms with Crippen LogP contribution in [0.25, 0.3) is 0 Å². The Labute approximate surface area is 241 Å². The highest BCUT2D eigenvalue weighted by Gasteiger charge is 2.57. The van der Waals surface area contributed by atoms with Gasteiger partial charge >= 0.3 is 0 Å². The minimum Gasteiger partial charge on any atom is -0.374 e. The van der Waals surface area contributed by atoms with Crippen molar-refractivity contribution in [1.29, 1.82) is 0 Å². The van der Waals surface area contributed by atoms with Crippen LogP contribution in [0.2, 0.25) is 0 Å². The Balaban J connectivity index is 1.22. The summed E-state index contributed by atoms with van der Waals surface area (Å²) in [5, 5.41) is 0. The molecule has 6 atom stereocenters. The molecule has 0 radical (unpaired) electrons. The van der Waals surface area contributed by atoms with Gasteiger partial charge in [0, 0.05) is 0 Å². The fraction of sp³-hybridized carbons (Fsp3) is 0.314. The molecule has 2 fully saturated rings. The molecule has 41 heavy (non-hydrogen) atoms. The highest BCUT2D eigenvalue weighted by Crippen LogP contribution is 2.38. The predicted molar refractivity (Wildman–Crippen MR) is 155 cm³/mol. The van der Waals surface area contributed by atoms with Gasteiger partial charge in [0.15, 0.2) is 6.29 Å². The molecule has 0 spiro atoms. The van der Waals surface area contributed by atoms with E-state index < -0.39 is 24.6 Å². The standard InChI is InChI=1S/C35H36O6/c1-5-13-26(14-6-1)21-36-25-30-31-32(37-22-27-15-7-2-8-16-27)33(38-23-28-17-9-3-10-18-28)34(35(40-30)41-31)39-24-29-19-11-4-12-20-29/h1-20,30-35H,21-25H2/t30-,31+,32+,33-,34-,35+/m0/s1. The van der Waals surface area contributed by atoms with E-state index in [-0.39, 0.29) is 12.2 Å². The van der Waals surface area contributed by atoms with Gasteiger partial charge in [-0.25, -0.2) is 0 Å². The monoisotopic (exact) mass is 552 g/mol. The zero-order valence-corrected chi connectivity index (χ0v) is 23.0. The van der Waals surface area contributed by atoms with E-state index in [0.29, 0.717) is 33.0 Å². The van der Waals surface area contributed by atoms with Crippen LogP contribution in [0.3, 0.4) is 0 Å². The van der Waals surface area contributed by atoms with Crippen LogP contribution in [0.15, 0.2) is 121 Å². The Morgan fingerprint density at radius 1 is 0.439 bits per heavy atom. The molecule has 0 aliphatic carbocycles. The highest BCUT2D eigenvalue weighted by atomic mass is 16.8. The molecule has 4 aromatic rings. The second-order valence-electron chi connectivity index (χ2n) is 10.4. The van der Waals surface area contributed by atoms with Crippen LogP contribution < -0.4 is 0 Å². The Morgan fingerprint density at radius 3 is 1.34 bits per heavy atom. The van der Waals surface area contributed by atoms with Crippen LogP contribution in [0.5, 0.6) is 0 Å². The summed E-state index contributed by atoms with van der Waals surface area (Å²) < 4.78 is 38.8. The van der Waals surface area contributed by atoms with Gasteiger partial charge < -0.3 is 28.4 Å². The number of hydrogen-bond donors (Lipinski definition) is 0. The minimum absolute atomic E-state index is 0.322. The first-order valence-electron chi connectivity index (χ1n) is 14.2. The van der Waals surface area contributed by atoms with Crippen molar-refractivity contribution in [3.05, 3.63) is 144 Å². The van der Waals surface area contributed by atoms with Gasteiger partial charge in [-0.2, -0.15) is 0 Å². The van der Waals surface area contributed by atoms with Crippen LogP contribution in [-0.2, 0) is 54.8 Å². The lowest BCUT2D eigenvalue weighted by atomic mass is 9.97. The predicted octanol–water partition coefficient (Wildman–Crippen LogP) is 6.08. The van der Waals surface area contributed by atoms with Crippen molar-refractivity contribution in [3.63, 3.8) is 0 Å². The maximum absolute atomic E-state index is 6.62. The summed E-state index contributed by atoms with van der Waals surface area (Å²) in [4.78, 5) is 0. The summed E-state index contributed by atoms with van der Waals surface area (Å²) in [6.07, 6.45) is -2.61. The van der Waals surface area contributed by atoms with Crippen molar-refractivity contribution in [2.24, 2.45) is 0 Å². The Morgan fingerprint density at radius 2 is 0.854 bits per heavy atom. The van der Waals surface area contributed by atoms with Crippen LogP contribution in [0.1, 0.15) is 22.3 Å². The lowest BCUT2D eigenvalue weighted by Gasteiger charge is -2.40. The summed E-state index contributed by atoms with van der Waals surface area (Å²) in [6, 6.07) is 40.5. The van der Waals surface area contributed by atoms with Crippen LogP contribution in [0, 0.1) is 0 Å². The van der Waals surface area contributed by atoms with E-state index in [2.05, 4.69) is 36.4 Å². The molecule has 2 heterocycles. The summed E-state index contributed by atoms with van der Waals surface area (Å²) in [5.41, 5.74) is 4.34. The fourth-order valence-electron chi connectivity index (χ4n) is 5.35. The Kier molecular flexibility index (Phi) is 9.50. The van der Waals surface area contributed by atoms with Gasteiger partial charge in [0.2, 0.25) is 0 Å². The van der Waals surface area contributed by atoms with Crippen molar-refractivity contribution in [2.45, 2.75) is 63.2 Å². The molecule has 2 saturated heterocycles. The zero-order valence-electron chi connectivity index (χ0n) is 23.0. The first-order valence-corrected chi connectivity index (χ1v) is 14.2. The smallest absolute Gasteiger partial charge is 0.187 e. The summed E-state index contributed by atoms with van der Waals surface area (Å²) in [7, 11) is 0. The molecule has 4 aromatic carbocycles. The van der Waals surface area contributed by atoms with Crippen LogP contribution >= 0.6 is 0 Å². The molecule has 0 amide bonds. The number of hydrogen-bond acceptors (Lipinski definition) is 6. The molecule has 6 rings (SSSR count). The maximum atomic E-state index is 6.62. The SMILES string of the molecule is c1ccc(COC[C@@H]2O[C@@H]3O[C@H]2[C@@H](OCc2ccccc2)[C@H](OCc2ccccc2)[C@@H]3OCc2ccccc2)cc1. The van der Waals surface area contributed by atoms with Crippen LogP contribution in [0.4, 0.5) is 0 Å². The Bertz CT molecular complexity index is 1300. The molecule has 0 unspecified atom stereocenters. The second kappa shape index (κ2) is 14.0. The average Bonchev–Trinajstić information content (AvgIpc) is 3.40. The fourth-order valence-corrected chi connectivity index (χ4v) is 5.35. The molecule has 0 saturated carbocycles. The molecule has 2 aliphatic heterocycles. The lowest BCUT2D eigenvalue weighted by molar-refractivity contribution is -0.268. The van der Waals surface area contributed by atoms with E-state index in [1.54, 1.807) is 0 Å². The topological polar surface area (TPSA) is 55.4 Å². The van der Waals surface area contributed by atoms with E-state index in [1.807, 2.05) is 84.9 Å². The van der Waals surface area contributed by atoms with Gasteiger partial charge in [-0.3, -0.25) is 0 Å². The summed E-state index contributed by atoms with van der Waals surface area (Å²) in [6.45, 7) is 2.12. The molecule has 2 aliphatic rings. The minimum atomic E-state index is -0.591. The van der Waals surface area contributed by atoms with E-state index in [9.17, 15) is 0 Å². The molecule has 212 valence electrons. The average molecular weight is 553 g/mol. The van der Waals surface area contributed by atoms with Crippen molar-refractivity contribution < 1.29 is 28.4 Å². The quantitative estimate of drug-likeness (QED) is 0.200. The molecule has 2 bridgehead atoms. The largest absolute Gasteiger partial charge is 0.374 e. The molecular weight excluding hydrogens is 516 g/mol. The van der Waals surface area contributed by atoms with Crippen LogP contribution in [-0.4, -0.2) is 43.4 Å². The maximum Gasteiger partial charge on any atom is 0.187 e. The second-order valence-corrected chi connectivity index (χ2v) is 10.4. The van der Waals surface area contributed by atoms with Crippen molar-refractivity contribution in [2.75, 3.05) is 6.61 Å². The third kappa shape index (κ3) is 7.29. The number of rotatable bonds is 13. The molecule has 0 aromatic heterocycles. The third-order valence-corrected chi connectivity index (χ3v) is 7.46. The van der Waals surface area contributed by atoms with E-state index in [1.165, 1.54) is 0 Å². The first kappa shape index (κ1) is 27.8. The number of benzene rings is 4. The first-order chi connectivity index (χ1) is 20.3. The highest BCUT2D eigenvalue weighted by molar-refractivity contribution is 5.16. The van der Waals surface area contributed by atoms with Crippen molar-refractivity contribution in [1.82, 2.24) is 0 Å². The molecule has 6 heteroatoms. The van der Waals surface area contributed by atoms with E-state index >= 15 is 0 Å². The molecule has 0 N–H and O–H groups in total. The van der Waals surface area contributed by atoms with Gasteiger partial charge in [-0.05, 0) is 22.3 Å². The van der Waals surface area contributed by atoms with Gasteiger partial charge in [-0.15, -0.1) is 0 Å².